The third-order valence-corrected chi connectivity index (χ3v) is 1.30. The first-order valence-corrected chi connectivity index (χ1v) is 3.11. The van der Waals surface area contributed by atoms with E-state index in [1.165, 1.54) is 6.08 Å². The summed E-state index contributed by atoms with van der Waals surface area (Å²) in [6.07, 6.45) is 8.60. The first-order chi connectivity index (χ1) is 5.38. The van der Waals surface area contributed by atoms with Crippen molar-refractivity contribution in [3.8, 4) is 6.07 Å². The summed E-state index contributed by atoms with van der Waals surface area (Å²) < 4.78 is 3.51. The smallest absolute Gasteiger partial charge is 0.182 e. The van der Waals surface area contributed by atoms with Gasteiger partial charge in [0.2, 0.25) is 0 Å². The first-order valence-electron chi connectivity index (χ1n) is 3.11. The van der Waals surface area contributed by atoms with Gasteiger partial charge in [0.15, 0.2) is 5.71 Å². The molecular weight excluding hydrogens is 136 g/mol. The molecule has 0 unspecified atom stereocenters. The summed E-state index contributed by atoms with van der Waals surface area (Å²) in [4.78, 5) is 0. The van der Waals surface area contributed by atoms with E-state index in [2.05, 4.69) is 4.67 Å². The Labute approximate surface area is 65.2 Å². The fourth-order valence-corrected chi connectivity index (χ4v) is 0.797. The standard InChI is InChI=1S/C9H6N2/c1-11-9-5-3-2-4-8(9)6-7-10/h1-6H/b8-6+. The fourth-order valence-electron chi connectivity index (χ4n) is 0.797. The fraction of sp³-hybridized carbons (Fsp3) is 0. The lowest BCUT2D eigenvalue weighted by Gasteiger charge is -1.98. The number of rotatable bonds is 0. The molecule has 1 rings (SSSR count). The van der Waals surface area contributed by atoms with E-state index in [1.54, 1.807) is 12.2 Å². The van der Waals surface area contributed by atoms with E-state index in [4.69, 9.17) is 12.0 Å². The monoisotopic (exact) mass is 142 g/mol. The minimum Gasteiger partial charge on any atom is -0.286 e. The molecule has 0 aliphatic heterocycles. The summed E-state index contributed by atoms with van der Waals surface area (Å²) in [5.41, 5.74) is 1.38. The van der Waals surface area contributed by atoms with E-state index in [0.717, 1.165) is 5.57 Å². The SMILES string of the molecule is [CH-]=[N+]=C1C=CC=C/C1=C\C#N. The van der Waals surface area contributed by atoms with E-state index in [9.17, 15) is 0 Å². The number of allylic oxidation sites excluding steroid dienone is 6. The molecule has 1 aliphatic rings. The Balaban J connectivity index is 3.10. The number of nitriles is 1. The number of hydrogen-bond donors (Lipinski definition) is 0. The molecule has 0 N–H and O–H groups in total. The molecule has 1 aliphatic carbocycles. The second kappa shape index (κ2) is 3.36. The lowest BCUT2D eigenvalue weighted by molar-refractivity contribution is 1.52. The second-order valence-corrected chi connectivity index (χ2v) is 1.96. The second-order valence-electron chi connectivity index (χ2n) is 1.96. The van der Waals surface area contributed by atoms with Gasteiger partial charge in [0.25, 0.3) is 0 Å². The maximum absolute atomic E-state index is 8.35. The van der Waals surface area contributed by atoms with Gasteiger partial charge in [0.1, 0.15) is 6.72 Å². The Morgan fingerprint density at radius 2 is 2.18 bits per heavy atom. The molecule has 0 aromatic carbocycles. The van der Waals surface area contributed by atoms with Gasteiger partial charge in [-0.3, -0.25) is 4.67 Å². The Kier molecular flexibility index (Phi) is 2.22. The highest BCUT2D eigenvalue weighted by Gasteiger charge is 2.01. The zero-order valence-corrected chi connectivity index (χ0v) is 5.86. The Hall–Kier alpha value is -1.84. The van der Waals surface area contributed by atoms with Crippen molar-refractivity contribution in [2.45, 2.75) is 0 Å². The molecule has 0 saturated carbocycles. The molecule has 2 nitrogen and oxygen atoms in total. The van der Waals surface area contributed by atoms with Crippen LogP contribution in [0.2, 0.25) is 0 Å². The van der Waals surface area contributed by atoms with E-state index >= 15 is 0 Å². The largest absolute Gasteiger partial charge is 0.286 e. The Morgan fingerprint density at radius 1 is 1.45 bits per heavy atom. The molecule has 0 bridgehead atoms. The summed E-state index contributed by atoms with van der Waals surface area (Å²) in [5, 5.41) is 8.35. The first kappa shape index (κ1) is 7.27. The normalized spacial score (nSPS) is 18.1. The molecule has 0 heterocycles. The maximum Gasteiger partial charge on any atom is 0.182 e. The summed E-state index contributed by atoms with van der Waals surface area (Å²) in [5.74, 6) is 0. The predicted molar refractivity (Wildman–Crippen MR) is 45.2 cm³/mol. The highest BCUT2D eigenvalue weighted by molar-refractivity contribution is 6.11. The molecule has 0 aromatic heterocycles. The van der Waals surface area contributed by atoms with Crippen LogP contribution in [-0.2, 0) is 0 Å². The topological polar surface area (TPSA) is 37.9 Å². The van der Waals surface area contributed by atoms with Gasteiger partial charge in [0.05, 0.1) is 6.07 Å². The minimum absolute atomic E-state index is 0.633. The van der Waals surface area contributed by atoms with E-state index < -0.39 is 0 Å². The van der Waals surface area contributed by atoms with Crippen LogP contribution in [0.4, 0.5) is 0 Å². The molecule has 0 atom stereocenters. The van der Waals surface area contributed by atoms with E-state index in [1.807, 2.05) is 18.2 Å². The maximum atomic E-state index is 8.35. The molecule has 11 heavy (non-hydrogen) atoms. The van der Waals surface area contributed by atoms with E-state index in [-0.39, 0.29) is 0 Å². The van der Waals surface area contributed by atoms with Crippen LogP contribution >= 0.6 is 0 Å². The quantitative estimate of drug-likeness (QED) is 0.212. The molecular formula is C9H6N2. The number of hydrogen-bond acceptors (Lipinski definition) is 1. The van der Waals surface area contributed by atoms with Gasteiger partial charge in [-0.2, -0.15) is 5.26 Å². The van der Waals surface area contributed by atoms with Crippen LogP contribution in [0.25, 0.3) is 0 Å². The summed E-state index contributed by atoms with van der Waals surface area (Å²) >= 11 is 0. The lowest BCUT2D eigenvalue weighted by Crippen LogP contribution is -2.02. The van der Waals surface area contributed by atoms with Crippen molar-refractivity contribution in [3.05, 3.63) is 36.0 Å². The van der Waals surface area contributed by atoms with Crippen LogP contribution in [0.5, 0.6) is 0 Å². The zero-order valence-electron chi connectivity index (χ0n) is 5.86. The van der Waals surface area contributed by atoms with Gasteiger partial charge < -0.3 is 0 Å². The van der Waals surface area contributed by atoms with Gasteiger partial charge in [-0.25, -0.2) is 0 Å². The molecule has 0 spiro atoms. The van der Waals surface area contributed by atoms with Crippen molar-refractivity contribution >= 4 is 12.4 Å². The van der Waals surface area contributed by atoms with Crippen molar-refractivity contribution in [3.63, 3.8) is 0 Å². The van der Waals surface area contributed by atoms with Crippen molar-refractivity contribution < 1.29 is 0 Å². The van der Waals surface area contributed by atoms with Crippen LogP contribution in [0.1, 0.15) is 0 Å². The summed E-state index contributed by atoms with van der Waals surface area (Å²) in [7, 11) is 0. The van der Waals surface area contributed by atoms with Crippen LogP contribution in [0, 0.1) is 11.3 Å². The predicted octanol–water partition coefficient (Wildman–Crippen LogP) is 0.648. The molecule has 0 saturated heterocycles. The van der Waals surface area contributed by atoms with Crippen molar-refractivity contribution in [2.75, 3.05) is 0 Å². The third kappa shape index (κ3) is 1.54. The summed E-state index contributed by atoms with van der Waals surface area (Å²) in [6.45, 7) is 5.08. The molecule has 0 aromatic rings. The highest BCUT2D eigenvalue weighted by atomic mass is 14.5. The molecule has 0 radical (unpaired) electrons. The van der Waals surface area contributed by atoms with E-state index in [0.29, 0.717) is 5.71 Å². The average Bonchev–Trinajstić information content (AvgIpc) is 2.06. The lowest BCUT2D eigenvalue weighted by atomic mass is 10.1. The summed E-state index contributed by atoms with van der Waals surface area (Å²) in [6, 6.07) is 1.92. The Morgan fingerprint density at radius 3 is 2.82 bits per heavy atom. The average molecular weight is 142 g/mol. The minimum atomic E-state index is 0.633. The highest BCUT2D eigenvalue weighted by Crippen LogP contribution is 2.04. The van der Waals surface area contributed by atoms with Crippen molar-refractivity contribution in [1.82, 2.24) is 4.67 Å². The Bertz CT molecular complexity index is 331. The van der Waals surface area contributed by atoms with Crippen LogP contribution in [0.15, 0.2) is 36.0 Å². The van der Waals surface area contributed by atoms with Crippen LogP contribution in [-0.4, -0.2) is 12.4 Å². The number of nitrogens with zero attached hydrogens (tertiary/aromatic N) is 2. The van der Waals surface area contributed by atoms with Gasteiger partial charge in [-0.05, 0) is 5.57 Å². The zero-order chi connectivity index (χ0) is 8.10. The third-order valence-electron chi connectivity index (χ3n) is 1.30. The van der Waals surface area contributed by atoms with Crippen molar-refractivity contribution in [1.29, 1.82) is 5.26 Å². The van der Waals surface area contributed by atoms with Crippen LogP contribution < -0.4 is 4.67 Å². The van der Waals surface area contributed by atoms with Crippen molar-refractivity contribution in [2.24, 2.45) is 0 Å². The van der Waals surface area contributed by atoms with Gasteiger partial charge in [-0.15, -0.1) is 0 Å². The molecule has 52 valence electrons. The van der Waals surface area contributed by atoms with Gasteiger partial charge in [-0.1, -0.05) is 24.3 Å². The molecule has 2 heteroatoms. The van der Waals surface area contributed by atoms with Gasteiger partial charge in [0, 0.05) is 6.08 Å². The van der Waals surface area contributed by atoms with Gasteiger partial charge >= 0.3 is 0 Å². The van der Waals surface area contributed by atoms with Crippen LogP contribution in [0.3, 0.4) is 0 Å². The molecule has 0 amide bonds. The molecule has 0 fully saturated rings.